The van der Waals surface area contributed by atoms with Gasteiger partial charge in [-0.1, -0.05) is 6.92 Å². The number of aryl methyl sites for hydroxylation is 1. The third-order valence-corrected chi connectivity index (χ3v) is 2.96. The number of rotatable bonds is 6. The summed E-state index contributed by atoms with van der Waals surface area (Å²) in [5, 5.41) is 11.8. The molecule has 18 heavy (non-hydrogen) atoms. The Morgan fingerprint density at radius 1 is 1.39 bits per heavy atom. The first-order valence-corrected chi connectivity index (χ1v) is 6.29. The van der Waals surface area contributed by atoms with Crippen LogP contribution in [0.2, 0.25) is 0 Å². The van der Waals surface area contributed by atoms with Crippen LogP contribution in [0.25, 0.3) is 0 Å². The molecule has 2 aromatic rings. The molecule has 0 aliphatic rings. The highest BCUT2D eigenvalue weighted by atomic mass is 15.3. The first-order valence-electron chi connectivity index (χ1n) is 6.29. The van der Waals surface area contributed by atoms with Gasteiger partial charge in [0.15, 0.2) is 0 Å². The van der Waals surface area contributed by atoms with Crippen molar-refractivity contribution in [3.05, 3.63) is 30.1 Å². The van der Waals surface area contributed by atoms with Crippen molar-refractivity contribution >= 4 is 0 Å². The smallest absolute Gasteiger partial charge is 0.148 e. The summed E-state index contributed by atoms with van der Waals surface area (Å²) in [6.07, 6.45) is 6.66. The summed E-state index contributed by atoms with van der Waals surface area (Å²) >= 11 is 0. The Morgan fingerprint density at radius 3 is 2.89 bits per heavy atom. The lowest BCUT2D eigenvalue weighted by atomic mass is 10.2. The van der Waals surface area contributed by atoms with Crippen molar-refractivity contribution in [2.45, 2.75) is 32.9 Å². The van der Waals surface area contributed by atoms with E-state index in [-0.39, 0.29) is 0 Å². The molecule has 6 nitrogen and oxygen atoms in total. The summed E-state index contributed by atoms with van der Waals surface area (Å²) in [6, 6.07) is 0.332. The molecular formula is C12H20N6. The van der Waals surface area contributed by atoms with Crippen LogP contribution in [-0.2, 0) is 13.6 Å². The van der Waals surface area contributed by atoms with E-state index in [4.69, 9.17) is 0 Å². The Labute approximate surface area is 107 Å². The molecule has 2 rings (SSSR count). The molecule has 98 valence electrons. The highest BCUT2D eigenvalue weighted by Crippen LogP contribution is 2.11. The molecule has 0 bridgehead atoms. The minimum atomic E-state index is 0.332. The number of aromatic nitrogens is 5. The Bertz CT molecular complexity index is 486. The van der Waals surface area contributed by atoms with Crippen LogP contribution in [0.1, 0.15) is 37.7 Å². The summed E-state index contributed by atoms with van der Waals surface area (Å²) in [4.78, 5) is 4.19. The van der Waals surface area contributed by atoms with Gasteiger partial charge >= 0.3 is 0 Å². The average molecular weight is 248 g/mol. The van der Waals surface area contributed by atoms with Crippen molar-refractivity contribution in [3.8, 4) is 0 Å². The van der Waals surface area contributed by atoms with Crippen LogP contribution in [0.4, 0.5) is 0 Å². The van der Waals surface area contributed by atoms with Gasteiger partial charge in [0.1, 0.15) is 18.7 Å². The zero-order valence-corrected chi connectivity index (χ0v) is 11.2. The van der Waals surface area contributed by atoms with E-state index in [9.17, 15) is 0 Å². The van der Waals surface area contributed by atoms with Crippen molar-refractivity contribution in [1.29, 1.82) is 0 Å². The average Bonchev–Trinajstić information content (AvgIpc) is 2.97. The zero-order valence-electron chi connectivity index (χ0n) is 11.2. The normalized spacial score (nSPS) is 12.8. The van der Waals surface area contributed by atoms with Crippen LogP contribution >= 0.6 is 0 Å². The first kappa shape index (κ1) is 12.8. The molecule has 2 aromatic heterocycles. The van der Waals surface area contributed by atoms with Crippen LogP contribution in [-0.4, -0.2) is 31.1 Å². The molecule has 0 amide bonds. The SMILES string of the molecule is CCCNC(C)c1cnn(Cc2ncnn2C)c1. The highest BCUT2D eigenvalue weighted by molar-refractivity contribution is 5.09. The lowest BCUT2D eigenvalue weighted by Gasteiger charge is -2.10. The fraction of sp³-hybridized carbons (Fsp3) is 0.583. The van der Waals surface area contributed by atoms with Crippen molar-refractivity contribution in [2.24, 2.45) is 7.05 Å². The maximum absolute atomic E-state index is 4.36. The Balaban J connectivity index is 2.00. The van der Waals surface area contributed by atoms with Crippen LogP contribution in [0.5, 0.6) is 0 Å². The number of hydrogen-bond donors (Lipinski definition) is 1. The van der Waals surface area contributed by atoms with Gasteiger partial charge in [-0.25, -0.2) is 4.98 Å². The Hall–Kier alpha value is -1.69. The number of hydrogen-bond acceptors (Lipinski definition) is 4. The largest absolute Gasteiger partial charge is 0.310 e. The van der Waals surface area contributed by atoms with Gasteiger partial charge in [-0.05, 0) is 19.9 Å². The maximum Gasteiger partial charge on any atom is 0.148 e. The fourth-order valence-corrected chi connectivity index (χ4v) is 1.78. The van der Waals surface area contributed by atoms with Crippen molar-refractivity contribution in [1.82, 2.24) is 29.9 Å². The molecule has 0 spiro atoms. The monoisotopic (exact) mass is 248 g/mol. The van der Waals surface area contributed by atoms with Gasteiger partial charge in [0.25, 0.3) is 0 Å². The first-order chi connectivity index (χ1) is 8.70. The molecule has 0 aliphatic heterocycles. The van der Waals surface area contributed by atoms with Gasteiger partial charge in [-0.15, -0.1) is 0 Å². The number of nitrogens with zero attached hydrogens (tertiary/aromatic N) is 5. The predicted octanol–water partition coefficient (Wildman–Crippen LogP) is 1.12. The third-order valence-electron chi connectivity index (χ3n) is 2.96. The van der Waals surface area contributed by atoms with Crippen molar-refractivity contribution < 1.29 is 0 Å². The van der Waals surface area contributed by atoms with Gasteiger partial charge in [0.2, 0.25) is 0 Å². The summed E-state index contributed by atoms with van der Waals surface area (Å²) in [5.41, 5.74) is 1.20. The standard InChI is InChI=1S/C12H20N6/c1-4-5-13-10(2)11-6-15-18(7-11)8-12-14-9-16-17(12)3/h6-7,9-10,13H,4-5,8H2,1-3H3. The molecule has 1 atom stereocenters. The van der Waals surface area contributed by atoms with Gasteiger partial charge in [0.05, 0.1) is 6.20 Å². The van der Waals surface area contributed by atoms with E-state index < -0.39 is 0 Å². The van der Waals surface area contributed by atoms with E-state index in [1.807, 2.05) is 17.9 Å². The van der Waals surface area contributed by atoms with Gasteiger partial charge in [0, 0.05) is 24.8 Å². The molecule has 0 aromatic carbocycles. The van der Waals surface area contributed by atoms with E-state index in [2.05, 4.69) is 40.5 Å². The molecule has 1 unspecified atom stereocenters. The molecule has 6 heteroatoms. The summed E-state index contributed by atoms with van der Waals surface area (Å²) in [6.45, 7) is 5.99. The van der Waals surface area contributed by atoms with Crippen LogP contribution < -0.4 is 5.32 Å². The lowest BCUT2D eigenvalue weighted by molar-refractivity contribution is 0.568. The molecular weight excluding hydrogens is 228 g/mol. The minimum Gasteiger partial charge on any atom is -0.310 e. The van der Waals surface area contributed by atoms with Crippen LogP contribution in [0.3, 0.4) is 0 Å². The van der Waals surface area contributed by atoms with Crippen LogP contribution in [0, 0.1) is 0 Å². The third kappa shape index (κ3) is 2.95. The van der Waals surface area contributed by atoms with E-state index in [1.54, 1.807) is 11.0 Å². The topological polar surface area (TPSA) is 60.6 Å². The predicted molar refractivity (Wildman–Crippen MR) is 69.0 cm³/mol. The molecule has 0 aliphatic carbocycles. The van der Waals surface area contributed by atoms with E-state index in [0.29, 0.717) is 12.6 Å². The molecule has 2 heterocycles. The molecule has 0 radical (unpaired) electrons. The second-order valence-electron chi connectivity index (χ2n) is 4.45. The van der Waals surface area contributed by atoms with Gasteiger partial charge < -0.3 is 5.32 Å². The van der Waals surface area contributed by atoms with Gasteiger partial charge in [-0.3, -0.25) is 9.36 Å². The summed E-state index contributed by atoms with van der Waals surface area (Å²) in [7, 11) is 1.89. The molecule has 1 N–H and O–H groups in total. The Kier molecular flexibility index (Phi) is 4.09. The summed E-state index contributed by atoms with van der Waals surface area (Å²) < 4.78 is 3.66. The minimum absolute atomic E-state index is 0.332. The fourth-order valence-electron chi connectivity index (χ4n) is 1.78. The van der Waals surface area contributed by atoms with Crippen LogP contribution in [0.15, 0.2) is 18.7 Å². The van der Waals surface area contributed by atoms with E-state index in [1.165, 1.54) is 5.56 Å². The zero-order chi connectivity index (χ0) is 13.0. The maximum atomic E-state index is 4.36. The molecule has 0 saturated heterocycles. The molecule has 0 saturated carbocycles. The Morgan fingerprint density at radius 2 is 2.22 bits per heavy atom. The molecule has 0 fully saturated rings. The lowest BCUT2D eigenvalue weighted by Crippen LogP contribution is -2.18. The second-order valence-corrected chi connectivity index (χ2v) is 4.45. The van der Waals surface area contributed by atoms with Crippen molar-refractivity contribution in [3.63, 3.8) is 0 Å². The van der Waals surface area contributed by atoms with E-state index >= 15 is 0 Å². The highest BCUT2D eigenvalue weighted by Gasteiger charge is 2.08. The number of nitrogens with one attached hydrogen (secondary N) is 1. The quantitative estimate of drug-likeness (QED) is 0.832. The van der Waals surface area contributed by atoms with E-state index in [0.717, 1.165) is 18.8 Å². The second kappa shape index (κ2) is 5.77. The summed E-state index contributed by atoms with van der Waals surface area (Å²) in [5.74, 6) is 0.902. The van der Waals surface area contributed by atoms with Crippen molar-refractivity contribution in [2.75, 3.05) is 6.54 Å². The van der Waals surface area contributed by atoms with Gasteiger partial charge in [-0.2, -0.15) is 10.2 Å².